The summed E-state index contributed by atoms with van der Waals surface area (Å²) in [6.07, 6.45) is 1.74. The van der Waals surface area contributed by atoms with Crippen molar-refractivity contribution in [3.63, 3.8) is 0 Å². The molecule has 0 saturated carbocycles. The van der Waals surface area contributed by atoms with Crippen LogP contribution in [0, 0.1) is 0 Å². The first-order valence-electron chi connectivity index (χ1n) is 7.67. The van der Waals surface area contributed by atoms with Crippen LogP contribution in [0.3, 0.4) is 0 Å². The quantitative estimate of drug-likeness (QED) is 0.744. The summed E-state index contributed by atoms with van der Waals surface area (Å²) in [5.41, 5.74) is 2.88. The van der Waals surface area contributed by atoms with E-state index in [1.54, 1.807) is 18.3 Å². The van der Waals surface area contributed by atoms with Crippen LogP contribution in [-0.4, -0.2) is 39.6 Å². The van der Waals surface area contributed by atoms with Crippen LogP contribution < -0.4 is 9.64 Å². The van der Waals surface area contributed by atoms with Crippen LogP contribution in [0.5, 0.6) is 5.75 Å². The zero-order chi connectivity index (χ0) is 16.9. The lowest BCUT2D eigenvalue weighted by Gasteiger charge is -2.28. The minimum Gasteiger partial charge on any atom is -0.494 e. The van der Waals surface area contributed by atoms with E-state index in [9.17, 15) is 0 Å². The Morgan fingerprint density at radius 1 is 1.08 bits per heavy atom. The number of methoxy groups -OCH3 is 1. The SMILES string of the molecule is COc1c(Cl)cc(C=Nc2ccc(N3CCOCC3)cc2)cc1Cl. The maximum absolute atomic E-state index is 6.14. The molecule has 0 radical (unpaired) electrons. The topological polar surface area (TPSA) is 34.1 Å². The van der Waals surface area contributed by atoms with Gasteiger partial charge in [-0.05, 0) is 42.0 Å². The molecule has 126 valence electrons. The highest BCUT2D eigenvalue weighted by molar-refractivity contribution is 6.37. The molecule has 1 heterocycles. The van der Waals surface area contributed by atoms with E-state index in [-0.39, 0.29) is 0 Å². The molecule has 0 aliphatic carbocycles. The molecule has 24 heavy (non-hydrogen) atoms. The van der Waals surface area contributed by atoms with Crippen molar-refractivity contribution in [3.8, 4) is 5.75 Å². The van der Waals surface area contributed by atoms with E-state index in [4.69, 9.17) is 32.7 Å². The second kappa shape index (κ2) is 7.88. The molecule has 0 atom stereocenters. The highest BCUT2D eigenvalue weighted by Gasteiger charge is 2.10. The Labute approximate surface area is 151 Å². The van der Waals surface area contributed by atoms with Crippen LogP contribution >= 0.6 is 23.2 Å². The Morgan fingerprint density at radius 3 is 2.29 bits per heavy atom. The van der Waals surface area contributed by atoms with Gasteiger partial charge in [-0.2, -0.15) is 0 Å². The van der Waals surface area contributed by atoms with Gasteiger partial charge >= 0.3 is 0 Å². The Kier molecular flexibility index (Phi) is 5.61. The molecule has 0 N–H and O–H groups in total. The van der Waals surface area contributed by atoms with E-state index in [0.29, 0.717) is 15.8 Å². The van der Waals surface area contributed by atoms with Gasteiger partial charge in [-0.1, -0.05) is 23.2 Å². The maximum Gasteiger partial charge on any atom is 0.156 e. The Bertz CT molecular complexity index is 703. The number of hydrogen-bond acceptors (Lipinski definition) is 4. The first kappa shape index (κ1) is 17.1. The summed E-state index contributed by atoms with van der Waals surface area (Å²) in [5.74, 6) is 0.477. The van der Waals surface area contributed by atoms with E-state index >= 15 is 0 Å². The number of halogens is 2. The lowest BCUT2D eigenvalue weighted by Crippen LogP contribution is -2.36. The zero-order valence-electron chi connectivity index (χ0n) is 13.3. The van der Waals surface area contributed by atoms with Gasteiger partial charge in [0.25, 0.3) is 0 Å². The van der Waals surface area contributed by atoms with Gasteiger partial charge in [0.1, 0.15) is 0 Å². The van der Waals surface area contributed by atoms with Crippen LogP contribution in [0.1, 0.15) is 5.56 Å². The highest BCUT2D eigenvalue weighted by Crippen LogP contribution is 2.33. The Balaban J connectivity index is 1.72. The highest BCUT2D eigenvalue weighted by atomic mass is 35.5. The van der Waals surface area contributed by atoms with Crippen molar-refractivity contribution in [1.29, 1.82) is 0 Å². The molecular weight excluding hydrogens is 347 g/mol. The molecule has 0 bridgehead atoms. The molecule has 0 unspecified atom stereocenters. The molecule has 1 aliphatic rings. The van der Waals surface area contributed by atoms with Gasteiger partial charge in [-0.25, -0.2) is 0 Å². The molecule has 6 heteroatoms. The van der Waals surface area contributed by atoms with Crippen molar-refractivity contribution < 1.29 is 9.47 Å². The standard InChI is InChI=1S/C18H18Cl2N2O2/c1-23-18-16(19)10-13(11-17(18)20)12-21-14-2-4-15(5-3-14)22-6-8-24-9-7-22/h2-5,10-12H,6-9H2,1H3. The van der Waals surface area contributed by atoms with E-state index in [1.807, 2.05) is 12.1 Å². The third-order valence-electron chi connectivity index (χ3n) is 3.81. The lowest BCUT2D eigenvalue weighted by molar-refractivity contribution is 0.122. The number of hydrogen-bond donors (Lipinski definition) is 0. The third kappa shape index (κ3) is 4.01. The van der Waals surface area contributed by atoms with E-state index in [1.165, 1.54) is 12.8 Å². The summed E-state index contributed by atoms with van der Waals surface area (Å²) in [4.78, 5) is 6.78. The average molecular weight is 365 g/mol. The zero-order valence-corrected chi connectivity index (χ0v) is 14.8. The van der Waals surface area contributed by atoms with Crippen LogP contribution in [-0.2, 0) is 4.74 Å². The normalized spacial score (nSPS) is 15.0. The van der Waals surface area contributed by atoms with Gasteiger partial charge in [0.05, 0.1) is 36.1 Å². The molecule has 2 aromatic rings. The Morgan fingerprint density at radius 2 is 1.71 bits per heavy atom. The van der Waals surface area contributed by atoms with Gasteiger partial charge in [-0.15, -0.1) is 0 Å². The number of anilines is 1. The number of aliphatic imine (C=N–C) groups is 1. The van der Waals surface area contributed by atoms with Gasteiger partial charge in [0, 0.05) is 25.0 Å². The fourth-order valence-corrected chi connectivity index (χ4v) is 3.23. The number of morpholine rings is 1. The summed E-state index contributed by atoms with van der Waals surface area (Å²) in [5, 5.41) is 0.934. The van der Waals surface area contributed by atoms with Crippen LogP contribution in [0.4, 0.5) is 11.4 Å². The predicted octanol–water partition coefficient (Wildman–Crippen LogP) is 4.59. The fourth-order valence-electron chi connectivity index (χ4n) is 2.57. The van der Waals surface area contributed by atoms with Crippen molar-refractivity contribution in [3.05, 3.63) is 52.0 Å². The first-order valence-corrected chi connectivity index (χ1v) is 8.43. The van der Waals surface area contributed by atoms with Crippen molar-refractivity contribution >= 4 is 40.8 Å². The van der Waals surface area contributed by atoms with Gasteiger partial charge in [-0.3, -0.25) is 4.99 Å². The van der Waals surface area contributed by atoms with E-state index in [0.717, 1.165) is 37.6 Å². The third-order valence-corrected chi connectivity index (χ3v) is 4.37. The average Bonchev–Trinajstić information content (AvgIpc) is 2.61. The number of nitrogens with zero attached hydrogens (tertiary/aromatic N) is 2. The van der Waals surface area contributed by atoms with Crippen molar-refractivity contribution in [1.82, 2.24) is 0 Å². The Hall–Kier alpha value is -1.75. The van der Waals surface area contributed by atoms with Crippen molar-refractivity contribution in [2.75, 3.05) is 38.3 Å². The van der Waals surface area contributed by atoms with E-state index < -0.39 is 0 Å². The summed E-state index contributed by atoms with van der Waals surface area (Å²) in [7, 11) is 1.54. The molecule has 1 fully saturated rings. The lowest BCUT2D eigenvalue weighted by atomic mass is 10.2. The van der Waals surface area contributed by atoms with Gasteiger partial charge < -0.3 is 14.4 Å². The summed E-state index contributed by atoms with van der Waals surface area (Å²) < 4.78 is 10.5. The molecular formula is C18H18Cl2N2O2. The predicted molar refractivity (Wildman–Crippen MR) is 99.7 cm³/mol. The summed E-state index contributed by atoms with van der Waals surface area (Å²) >= 11 is 12.3. The summed E-state index contributed by atoms with van der Waals surface area (Å²) in [6.45, 7) is 3.40. The number of ether oxygens (including phenoxy) is 2. The van der Waals surface area contributed by atoms with Crippen LogP contribution in [0.15, 0.2) is 41.4 Å². The molecule has 3 rings (SSSR count). The summed E-state index contributed by atoms with van der Waals surface area (Å²) in [6, 6.07) is 11.7. The fraction of sp³-hybridized carbons (Fsp3) is 0.278. The second-order valence-electron chi connectivity index (χ2n) is 5.39. The van der Waals surface area contributed by atoms with Gasteiger partial charge in [0.15, 0.2) is 5.75 Å². The molecule has 1 saturated heterocycles. The minimum absolute atomic E-state index is 0.467. The molecule has 1 aliphatic heterocycles. The van der Waals surface area contributed by atoms with Crippen molar-refractivity contribution in [2.45, 2.75) is 0 Å². The van der Waals surface area contributed by atoms with E-state index in [2.05, 4.69) is 22.0 Å². The monoisotopic (exact) mass is 364 g/mol. The first-order chi connectivity index (χ1) is 11.7. The molecule has 0 amide bonds. The number of benzene rings is 2. The van der Waals surface area contributed by atoms with Crippen molar-refractivity contribution in [2.24, 2.45) is 4.99 Å². The van der Waals surface area contributed by atoms with Gasteiger partial charge in [0.2, 0.25) is 0 Å². The molecule has 0 aromatic heterocycles. The van der Waals surface area contributed by atoms with Crippen LogP contribution in [0.2, 0.25) is 10.0 Å². The maximum atomic E-state index is 6.14. The smallest absolute Gasteiger partial charge is 0.156 e. The van der Waals surface area contributed by atoms with Crippen LogP contribution in [0.25, 0.3) is 0 Å². The number of rotatable bonds is 4. The second-order valence-corrected chi connectivity index (χ2v) is 6.21. The largest absolute Gasteiger partial charge is 0.494 e. The molecule has 4 nitrogen and oxygen atoms in total. The minimum atomic E-state index is 0.467. The molecule has 2 aromatic carbocycles. The molecule has 0 spiro atoms.